The molecule has 0 radical (unpaired) electrons. The van der Waals surface area contributed by atoms with Crippen molar-refractivity contribution in [3.63, 3.8) is 0 Å². The van der Waals surface area contributed by atoms with Crippen molar-refractivity contribution >= 4 is 40.4 Å². The minimum Gasteiger partial charge on any atom is -0.465 e. The zero-order valence-electron chi connectivity index (χ0n) is 10.7. The van der Waals surface area contributed by atoms with Gasteiger partial charge in [0.2, 0.25) is 0 Å². The van der Waals surface area contributed by atoms with Gasteiger partial charge in [-0.25, -0.2) is 0 Å². The molecule has 0 bridgehead atoms. The molecular formula is C15H9N3O2S. The molecule has 1 N–H and O–H groups in total. The molecule has 1 aromatic heterocycles. The molecular weight excluding hydrogens is 286 g/mol. The Labute approximate surface area is 124 Å². The van der Waals surface area contributed by atoms with E-state index in [9.17, 15) is 4.79 Å². The number of thioether (sulfide) groups is 1. The summed E-state index contributed by atoms with van der Waals surface area (Å²) in [5.41, 5.74) is 1.11. The summed E-state index contributed by atoms with van der Waals surface area (Å²) in [7, 11) is 0. The van der Waals surface area contributed by atoms with Gasteiger partial charge in [0.1, 0.15) is 11.6 Å². The van der Waals surface area contributed by atoms with E-state index in [1.54, 1.807) is 23.1 Å². The Morgan fingerprint density at radius 2 is 2.10 bits per heavy atom. The van der Waals surface area contributed by atoms with Crippen LogP contribution in [0.1, 0.15) is 5.76 Å². The topological polar surface area (TPSA) is 69.7 Å². The van der Waals surface area contributed by atoms with Crippen LogP contribution >= 0.6 is 11.8 Å². The molecule has 0 fully saturated rings. The number of carbonyl (C=O) groups excluding carboxylic acids is 1. The molecule has 2 aliphatic rings. The quantitative estimate of drug-likeness (QED) is 0.820. The van der Waals surface area contributed by atoms with Gasteiger partial charge in [-0.05, 0) is 42.1 Å². The predicted octanol–water partition coefficient (Wildman–Crippen LogP) is 3.15. The number of para-hydroxylation sites is 1. The second-order valence-corrected chi connectivity index (χ2v) is 5.54. The fraction of sp³-hybridized carbons (Fsp3) is 0. The highest BCUT2D eigenvalue weighted by atomic mass is 32.2. The summed E-state index contributed by atoms with van der Waals surface area (Å²) in [6.45, 7) is 0. The lowest BCUT2D eigenvalue weighted by Gasteiger charge is -2.24. The van der Waals surface area contributed by atoms with Crippen molar-refractivity contribution in [1.29, 1.82) is 5.41 Å². The Morgan fingerprint density at radius 1 is 1.24 bits per heavy atom. The number of nitrogens with zero attached hydrogens (tertiary/aromatic N) is 2. The van der Waals surface area contributed by atoms with Gasteiger partial charge in [-0.3, -0.25) is 15.1 Å². The van der Waals surface area contributed by atoms with Crippen LogP contribution in [0.2, 0.25) is 0 Å². The molecule has 0 spiro atoms. The van der Waals surface area contributed by atoms with Crippen molar-refractivity contribution in [2.45, 2.75) is 4.90 Å². The summed E-state index contributed by atoms with van der Waals surface area (Å²) >= 11 is 1.40. The van der Waals surface area contributed by atoms with Gasteiger partial charge in [0, 0.05) is 4.90 Å². The zero-order chi connectivity index (χ0) is 14.4. The van der Waals surface area contributed by atoms with Gasteiger partial charge in [0.15, 0.2) is 5.17 Å². The van der Waals surface area contributed by atoms with Crippen LogP contribution in [0.3, 0.4) is 0 Å². The smallest absolute Gasteiger partial charge is 0.283 e. The monoisotopic (exact) mass is 295 g/mol. The van der Waals surface area contributed by atoms with E-state index in [0.717, 1.165) is 10.6 Å². The number of benzene rings is 1. The highest BCUT2D eigenvalue weighted by molar-refractivity contribution is 8.15. The Balaban J connectivity index is 1.83. The molecule has 1 amide bonds. The maximum absolute atomic E-state index is 12.1. The van der Waals surface area contributed by atoms with E-state index < -0.39 is 5.91 Å². The van der Waals surface area contributed by atoms with Crippen LogP contribution in [0.25, 0.3) is 6.08 Å². The van der Waals surface area contributed by atoms with Crippen LogP contribution in [0, 0.1) is 5.41 Å². The third kappa shape index (κ3) is 1.84. The number of carbonyl (C=O) groups is 1. The van der Waals surface area contributed by atoms with E-state index in [1.165, 1.54) is 18.0 Å². The number of hydrogen-bond acceptors (Lipinski definition) is 4. The van der Waals surface area contributed by atoms with Crippen molar-refractivity contribution in [3.8, 4) is 0 Å². The van der Waals surface area contributed by atoms with E-state index in [4.69, 9.17) is 9.83 Å². The second kappa shape index (κ2) is 4.46. The average molecular weight is 295 g/mol. The summed E-state index contributed by atoms with van der Waals surface area (Å²) in [6, 6.07) is 11.2. The summed E-state index contributed by atoms with van der Waals surface area (Å²) in [6.07, 6.45) is 3.08. The minimum atomic E-state index is -0.414. The molecule has 4 rings (SSSR count). The normalized spacial score (nSPS) is 18.8. The fourth-order valence-corrected chi connectivity index (χ4v) is 3.30. The lowest BCUT2D eigenvalue weighted by molar-refractivity contribution is -0.113. The Kier molecular flexibility index (Phi) is 2.58. The number of hydrogen-bond donors (Lipinski definition) is 1. The molecule has 3 heterocycles. The molecule has 2 aliphatic heterocycles. The van der Waals surface area contributed by atoms with E-state index in [-0.39, 0.29) is 11.4 Å². The molecule has 0 unspecified atom stereocenters. The molecule has 0 saturated carbocycles. The van der Waals surface area contributed by atoms with Crippen LogP contribution in [-0.4, -0.2) is 16.9 Å². The van der Waals surface area contributed by atoms with E-state index in [2.05, 4.69) is 4.99 Å². The number of nitrogens with one attached hydrogen (secondary N) is 1. The van der Waals surface area contributed by atoms with Crippen molar-refractivity contribution in [2.24, 2.45) is 4.99 Å². The Bertz CT molecular complexity index is 821. The lowest BCUT2D eigenvalue weighted by Crippen LogP contribution is -2.39. The SMILES string of the molecule is N=C1/C(=C\c2ccco2)C(=O)N=C2Sc3ccccc3N12. The number of amidine groups is 2. The summed E-state index contributed by atoms with van der Waals surface area (Å²) in [4.78, 5) is 18.9. The first-order valence-electron chi connectivity index (χ1n) is 6.28. The van der Waals surface area contributed by atoms with Crippen molar-refractivity contribution in [3.05, 3.63) is 54.0 Å². The number of anilines is 1. The van der Waals surface area contributed by atoms with Crippen LogP contribution in [0.4, 0.5) is 5.69 Å². The van der Waals surface area contributed by atoms with Gasteiger partial charge in [-0.15, -0.1) is 0 Å². The first-order valence-corrected chi connectivity index (χ1v) is 7.10. The van der Waals surface area contributed by atoms with Gasteiger partial charge in [-0.1, -0.05) is 12.1 Å². The van der Waals surface area contributed by atoms with Crippen molar-refractivity contribution in [2.75, 3.05) is 4.90 Å². The third-order valence-corrected chi connectivity index (χ3v) is 4.26. The standard InChI is InChI=1S/C15H9N3O2S/c16-13-10(8-9-4-3-7-20-9)14(19)17-15-18(13)11-5-1-2-6-12(11)21-15/h1-8,16H/b10-8+,16-13?. The maximum atomic E-state index is 12.1. The Hall–Kier alpha value is -2.60. The zero-order valence-corrected chi connectivity index (χ0v) is 11.6. The third-order valence-electron chi connectivity index (χ3n) is 3.23. The van der Waals surface area contributed by atoms with E-state index >= 15 is 0 Å². The molecule has 2 aromatic rings. The number of amides is 1. The van der Waals surface area contributed by atoms with E-state index in [1.807, 2.05) is 24.3 Å². The van der Waals surface area contributed by atoms with E-state index in [0.29, 0.717) is 10.9 Å². The molecule has 102 valence electrons. The van der Waals surface area contributed by atoms with Crippen molar-refractivity contribution in [1.82, 2.24) is 0 Å². The molecule has 5 nitrogen and oxygen atoms in total. The lowest BCUT2D eigenvalue weighted by atomic mass is 10.1. The van der Waals surface area contributed by atoms with Crippen LogP contribution in [0.5, 0.6) is 0 Å². The van der Waals surface area contributed by atoms with Gasteiger partial charge in [0.05, 0.1) is 17.5 Å². The molecule has 0 atom stereocenters. The number of aliphatic imine (C=N–C) groups is 1. The largest absolute Gasteiger partial charge is 0.465 e. The number of rotatable bonds is 1. The molecule has 1 aromatic carbocycles. The first kappa shape index (κ1) is 12.2. The second-order valence-electron chi connectivity index (χ2n) is 4.53. The summed E-state index contributed by atoms with van der Waals surface area (Å²) in [5.74, 6) is 0.240. The van der Waals surface area contributed by atoms with Gasteiger partial charge < -0.3 is 4.42 Å². The minimum absolute atomic E-state index is 0.124. The summed E-state index contributed by atoms with van der Waals surface area (Å²) < 4.78 is 5.22. The Morgan fingerprint density at radius 3 is 2.90 bits per heavy atom. The molecule has 21 heavy (non-hydrogen) atoms. The fourth-order valence-electron chi connectivity index (χ4n) is 2.28. The van der Waals surface area contributed by atoms with Gasteiger partial charge >= 0.3 is 0 Å². The first-order chi connectivity index (χ1) is 10.2. The number of furan rings is 1. The maximum Gasteiger partial charge on any atom is 0.283 e. The van der Waals surface area contributed by atoms with Crippen LogP contribution < -0.4 is 4.90 Å². The average Bonchev–Trinajstić information content (AvgIpc) is 3.10. The van der Waals surface area contributed by atoms with Crippen LogP contribution in [-0.2, 0) is 4.79 Å². The highest BCUT2D eigenvalue weighted by Gasteiger charge is 2.37. The number of fused-ring (bicyclic) bond motifs is 3. The van der Waals surface area contributed by atoms with Crippen molar-refractivity contribution < 1.29 is 9.21 Å². The van der Waals surface area contributed by atoms with Gasteiger partial charge in [0.25, 0.3) is 5.91 Å². The highest BCUT2D eigenvalue weighted by Crippen LogP contribution is 2.42. The van der Waals surface area contributed by atoms with Gasteiger partial charge in [-0.2, -0.15) is 4.99 Å². The predicted molar refractivity (Wildman–Crippen MR) is 81.6 cm³/mol. The summed E-state index contributed by atoms with van der Waals surface area (Å²) in [5, 5.41) is 8.87. The van der Waals surface area contributed by atoms with Crippen LogP contribution in [0.15, 0.2) is 62.5 Å². The molecule has 6 heteroatoms. The molecule has 0 aliphatic carbocycles. The molecule has 0 saturated heterocycles.